The first kappa shape index (κ1) is 19.9. The number of hydrogen-bond donors (Lipinski definition) is 1. The van der Waals surface area contributed by atoms with E-state index in [-0.39, 0.29) is 30.2 Å². The van der Waals surface area contributed by atoms with E-state index in [9.17, 15) is 22.8 Å². The molecule has 0 bridgehead atoms. The molecule has 1 aliphatic heterocycles. The topological polar surface area (TPSA) is 67.9 Å². The van der Waals surface area contributed by atoms with Gasteiger partial charge in [-0.05, 0) is 35.7 Å². The van der Waals surface area contributed by atoms with Crippen molar-refractivity contribution >= 4 is 34.4 Å². The standard InChI is InChI=1S/C18H15F3N2O4S/c1-26-9-8-23-16(24)14(13-3-2-10-28-13)15(17(23)25)22-11-4-6-12(7-5-11)27-18(19,20)21/h2-7,10,22H,8-9H2,1H3. The van der Waals surface area contributed by atoms with E-state index >= 15 is 0 Å². The minimum absolute atomic E-state index is 0.0630. The third-order valence-corrected chi connectivity index (χ3v) is 4.70. The molecule has 1 N–H and O–H groups in total. The lowest BCUT2D eigenvalue weighted by Crippen LogP contribution is -2.35. The number of anilines is 1. The predicted octanol–water partition coefficient (Wildman–Crippen LogP) is 3.49. The Kier molecular flexibility index (Phi) is 5.71. The molecule has 2 aromatic rings. The number of ether oxygens (including phenoxy) is 2. The second kappa shape index (κ2) is 8.03. The van der Waals surface area contributed by atoms with Crippen LogP contribution in [0.1, 0.15) is 4.88 Å². The highest BCUT2D eigenvalue weighted by Gasteiger charge is 2.39. The van der Waals surface area contributed by atoms with Gasteiger partial charge in [0.25, 0.3) is 11.8 Å². The molecule has 0 spiro atoms. The van der Waals surface area contributed by atoms with Crippen molar-refractivity contribution in [2.24, 2.45) is 0 Å². The minimum Gasteiger partial charge on any atom is -0.406 e. The number of carbonyl (C=O) groups is 2. The van der Waals surface area contributed by atoms with Crippen LogP contribution >= 0.6 is 11.3 Å². The van der Waals surface area contributed by atoms with E-state index in [1.165, 1.54) is 30.6 Å². The van der Waals surface area contributed by atoms with Crippen molar-refractivity contribution in [2.75, 3.05) is 25.6 Å². The Morgan fingerprint density at radius 3 is 2.39 bits per heavy atom. The molecular weight excluding hydrogens is 397 g/mol. The first-order valence-corrected chi connectivity index (χ1v) is 8.94. The average molecular weight is 412 g/mol. The van der Waals surface area contributed by atoms with Crippen LogP contribution in [0.3, 0.4) is 0 Å². The van der Waals surface area contributed by atoms with Gasteiger partial charge in [-0.3, -0.25) is 14.5 Å². The number of imide groups is 1. The molecule has 0 radical (unpaired) electrons. The summed E-state index contributed by atoms with van der Waals surface area (Å²) in [7, 11) is 1.46. The Bertz CT molecular complexity index is 893. The Labute approximate surface area is 162 Å². The largest absolute Gasteiger partial charge is 0.573 e. The highest BCUT2D eigenvalue weighted by atomic mass is 32.1. The highest BCUT2D eigenvalue weighted by Crippen LogP contribution is 2.33. The molecule has 2 heterocycles. The summed E-state index contributed by atoms with van der Waals surface area (Å²) < 4.78 is 45.6. The van der Waals surface area contributed by atoms with Crippen LogP contribution in [0.25, 0.3) is 5.57 Å². The molecule has 10 heteroatoms. The van der Waals surface area contributed by atoms with Gasteiger partial charge in [-0.2, -0.15) is 0 Å². The number of halogens is 3. The fourth-order valence-corrected chi connectivity index (χ4v) is 3.38. The van der Waals surface area contributed by atoms with Crippen LogP contribution in [0.15, 0.2) is 47.5 Å². The Balaban J connectivity index is 1.88. The summed E-state index contributed by atoms with van der Waals surface area (Å²) in [5, 5.41) is 4.63. The van der Waals surface area contributed by atoms with Crippen LogP contribution in [0.4, 0.5) is 18.9 Å². The molecule has 0 atom stereocenters. The van der Waals surface area contributed by atoms with Crippen molar-refractivity contribution in [3.05, 3.63) is 52.4 Å². The Hall–Kier alpha value is -2.85. The smallest absolute Gasteiger partial charge is 0.406 e. The van der Waals surface area contributed by atoms with Gasteiger partial charge in [0, 0.05) is 17.7 Å². The highest BCUT2D eigenvalue weighted by molar-refractivity contribution is 7.11. The van der Waals surface area contributed by atoms with Crippen LogP contribution in [-0.2, 0) is 14.3 Å². The Morgan fingerprint density at radius 2 is 1.82 bits per heavy atom. The van der Waals surface area contributed by atoms with Crippen LogP contribution < -0.4 is 10.1 Å². The van der Waals surface area contributed by atoms with E-state index in [2.05, 4.69) is 10.1 Å². The molecule has 0 fully saturated rings. The zero-order valence-electron chi connectivity index (χ0n) is 14.6. The SMILES string of the molecule is COCCN1C(=O)C(Nc2ccc(OC(F)(F)F)cc2)=C(c2cccs2)C1=O. The van der Waals surface area contributed by atoms with Crippen molar-refractivity contribution in [2.45, 2.75) is 6.36 Å². The summed E-state index contributed by atoms with van der Waals surface area (Å²) in [4.78, 5) is 27.2. The van der Waals surface area contributed by atoms with E-state index in [0.29, 0.717) is 10.6 Å². The molecule has 1 aromatic carbocycles. The molecule has 148 valence electrons. The van der Waals surface area contributed by atoms with Crippen molar-refractivity contribution < 1.29 is 32.2 Å². The van der Waals surface area contributed by atoms with Crippen molar-refractivity contribution in [3.8, 4) is 5.75 Å². The second-order valence-corrected chi connectivity index (χ2v) is 6.63. The fraction of sp³-hybridized carbons (Fsp3) is 0.222. The van der Waals surface area contributed by atoms with Gasteiger partial charge in [-0.25, -0.2) is 0 Å². The monoisotopic (exact) mass is 412 g/mol. The number of hydrogen-bond acceptors (Lipinski definition) is 6. The molecule has 2 amide bonds. The molecule has 0 unspecified atom stereocenters. The number of nitrogens with one attached hydrogen (secondary N) is 1. The third-order valence-electron chi connectivity index (χ3n) is 3.81. The van der Waals surface area contributed by atoms with Gasteiger partial charge in [0.05, 0.1) is 18.7 Å². The van der Waals surface area contributed by atoms with Crippen LogP contribution in [0.5, 0.6) is 5.75 Å². The minimum atomic E-state index is -4.79. The molecule has 28 heavy (non-hydrogen) atoms. The number of methoxy groups -OCH3 is 1. The quantitative estimate of drug-likeness (QED) is 0.706. The number of thiophene rings is 1. The zero-order valence-corrected chi connectivity index (χ0v) is 15.4. The number of rotatable bonds is 7. The van der Waals surface area contributed by atoms with E-state index in [0.717, 1.165) is 17.0 Å². The molecule has 0 saturated carbocycles. The van der Waals surface area contributed by atoms with Gasteiger partial charge in [0.2, 0.25) is 0 Å². The predicted molar refractivity (Wildman–Crippen MR) is 96.6 cm³/mol. The summed E-state index contributed by atoms with van der Waals surface area (Å²) >= 11 is 1.30. The lowest BCUT2D eigenvalue weighted by molar-refractivity contribution is -0.274. The molecule has 1 aromatic heterocycles. The summed E-state index contributed by atoms with van der Waals surface area (Å²) in [6.07, 6.45) is -4.79. The molecular formula is C18H15F3N2O4S. The van der Waals surface area contributed by atoms with E-state index in [4.69, 9.17) is 4.74 Å². The van der Waals surface area contributed by atoms with Gasteiger partial charge in [-0.15, -0.1) is 24.5 Å². The lowest BCUT2D eigenvalue weighted by Gasteiger charge is -2.14. The number of alkyl halides is 3. The summed E-state index contributed by atoms with van der Waals surface area (Å²) in [6, 6.07) is 8.36. The first-order chi connectivity index (χ1) is 13.3. The number of amides is 2. The van der Waals surface area contributed by atoms with E-state index in [1.807, 2.05) is 0 Å². The van der Waals surface area contributed by atoms with Gasteiger partial charge >= 0.3 is 6.36 Å². The van der Waals surface area contributed by atoms with Crippen molar-refractivity contribution in [3.63, 3.8) is 0 Å². The summed E-state index contributed by atoms with van der Waals surface area (Å²) in [5.41, 5.74) is 0.619. The number of nitrogens with zero attached hydrogens (tertiary/aromatic N) is 1. The van der Waals surface area contributed by atoms with E-state index in [1.54, 1.807) is 17.5 Å². The second-order valence-electron chi connectivity index (χ2n) is 5.68. The normalized spacial score (nSPS) is 14.8. The maximum Gasteiger partial charge on any atom is 0.573 e. The van der Waals surface area contributed by atoms with Crippen LogP contribution in [-0.4, -0.2) is 43.3 Å². The number of benzene rings is 1. The van der Waals surface area contributed by atoms with Gasteiger partial charge in [-0.1, -0.05) is 6.07 Å². The third kappa shape index (κ3) is 4.34. The van der Waals surface area contributed by atoms with Gasteiger partial charge in [0.1, 0.15) is 11.4 Å². The molecule has 0 aliphatic carbocycles. The number of carbonyl (C=O) groups excluding carboxylic acids is 2. The van der Waals surface area contributed by atoms with E-state index < -0.39 is 18.2 Å². The molecule has 0 saturated heterocycles. The first-order valence-electron chi connectivity index (χ1n) is 8.06. The summed E-state index contributed by atoms with van der Waals surface area (Å²) in [5.74, 6) is -1.37. The van der Waals surface area contributed by atoms with Crippen molar-refractivity contribution in [1.82, 2.24) is 4.90 Å². The fourth-order valence-electron chi connectivity index (χ4n) is 2.61. The lowest BCUT2D eigenvalue weighted by atomic mass is 10.2. The van der Waals surface area contributed by atoms with Gasteiger partial charge < -0.3 is 14.8 Å². The van der Waals surface area contributed by atoms with Crippen LogP contribution in [0, 0.1) is 0 Å². The maximum atomic E-state index is 12.7. The maximum absolute atomic E-state index is 12.7. The Morgan fingerprint density at radius 1 is 1.11 bits per heavy atom. The molecule has 6 nitrogen and oxygen atoms in total. The molecule has 1 aliphatic rings. The van der Waals surface area contributed by atoms with Gasteiger partial charge in [0.15, 0.2) is 0 Å². The molecule has 3 rings (SSSR count). The zero-order chi connectivity index (χ0) is 20.3. The average Bonchev–Trinajstić information content (AvgIpc) is 3.22. The van der Waals surface area contributed by atoms with Crippen LogP contribution in [0.2, 0.25) is 0 Å². The summed E-state index contributed by atoms with van der Waals surface area (Å²) in [6.45, 7) is 0.276. The van der Waals surface area contributed by atoms with Crippen molar-refractivity contribution in [1.29, 1.82) is 0 Å².